The van der Waals surface area contributed by atoms with Gasteiger partial charge in [0.2, 0.25) is 0 Å². The van der Waals surface area contributed by atoms with Crippen LogP contribution in [0.2, 0.25) is 5.15 Å². The van der Waals surface area contributed by atoms with Crippen LogP contribution in [0.5, 0.6) is 0 Å². The molecule has 1 amide bonds. The second kappa shape index (κ2) is 7.60. The molecule has 1 N–H and O–H groups in total. The number of halogens is 1. The summed E-state index contributed by atoms with van der Waals surface area (Å²) in [5.74, 6) is -0.226. The molecule has 0 aliphatic carbocycles. The summed E-state index contributed by atoms with van der Waals surface area (Å²) in [7, 11) is 0. The van der Waals surface area contributed by atoms with Gasteiger partial charge in [-0.2, -0.15) is 5.10 Å². The number of nitrogens with zero attached hydrogens (tertiary/aromatic N) is 3. The van der Waals surface area contributed by atoms with Gasteiger partial charge in [0.1, 0.15) is 10.8 Å². The van der Waals surface area contributed by atoms with Crippen molar-refractivity contribution in [3.05, 3.63) is 89.5 Å². The highest BCUT2D eigenvalue weighted by Gasteiger charge is 2.10. The molecule has 0 radical (unpaired) electrons. The molecule has 0 saturated heterocycles. The van der Waals surface area contributed by atoms with Gasteiger partial charge in [0.05, 0.1) is 5.69 Å². The summed E-state index contributed by atoms with van der Waals surface area (Å²) in [5.41, 5.74) is 2.46. The second-order valence-electron chi connectivity index (χ2n) is 6.14. The minimum absolute atomic E-state index is 0.226. The van der Waals surface area contributed by atoms with E-state index in [1.165, 1.54) is 0 Å². The van der Waals surface area contributed by atoms with E-state index in [2.05, 4.69) is 15.4 Å². The van der Waals surface area contributed by atoms with Gasteiger partial charge in [-0.15, -0.1) is 0 Å². The van der Waals surface area contributed by atoms with E-state index in [0.29, 0.717) is 17.4 Å². The molecule has 0 fully saturated rings. The Labute approximate surface area is 161 Å². The Bertz CT molecular complexity index is 1080. The molecule has 0 unspecified atom stereocenters. The molecule has 2 heterocycles. The second-order valence-corrected chi connectivity index (χ2v) is 6.50. The van der Waals surface area contributed by atoms with Crippen molar-refractivity contribution in [2.45, 2.75) is 6.42 Å². The maximum absolute atomic E-state index is 12.4. The summed E-state index contributed by atoms with van der Waals surface area (Å²) in [6.07, 6.45) is 4.37. The lowest BCUT2D eigenvalue weighted by Crippen LogP contribution is -2.26. The van der Waals surface area contributed by atoms with Gasteiger partial charge in [-0.25, -0.2) is 9.67 Å². The first kappa shape index (κ1) is 17.2. The third kappa shape index (κ3) is 3.83. The van der Waals surface area contributed by atoms with Crippen molar-refractivity contribution in [2.24, 2.45) is 0 Å². The first-order valence-corrected chi connectivity index (χ1v) is 9.01. The molecular weight excluding hydrogens is 360 g/mol. The SMILES string of the molecule is O=C(NCCc1ccc(-n2cccn2)cc1)c1cc2ccccc2c(Cl)n1. The standard InChI is InChI=1S/C21H17ClN4O/c22-20-18-5-2-1-4-16(18)14-19(25-20)21(27)23-12-10-15-6-8-17(9-7-15)26-13-3-11-24-26/h1-9,11,13-14H,10,12H2,(H,23,27). The Morgan fingerprint density at radius 3 is 2.67 bits per heavy atom. The third-order valence-corrected chi connectivity index (χ3v) is 4.62. The van der Waals surface area contributed by atoms with Crippen LogP contribution in [-0.2, 0) is 6.42 Å². The van der Waals surface area contributed by atoms with Crippen LogP contribution < -0.4 is 5.32 Å². The number of carbonyl (C=O) groups excluding carboxylic acids is 1. The highest BCUT2D eigenvalue weighted by molar-refractivity contribution is 6.34. The molecule has 0 bridgehead atoms. The lowest BCUT2D eigenvalue weighted by Gasteiger charge is -2.08. The van der Waals surface area contributed by atoms with Gasteiger partial charge in [-0.05, 0) is 41.6 Å². The molecule has 0 atom stereocenters. The molecule has 27 heavy (non-hydrogen) atoms. The third-order valence-electron chi connectivity index (χ3n) is 4.33. The highest BCUT2D eigenvalue weighted by Crippen LogP contribution is 2.22. The zero-order valence-electron chi connectivity index (χ0n) is 14.5. The van der Waals surface area contributed by atoms with Crippen LogP contribution in [0.4, 0.5) is 0 Å². The number of hydrogen-bond donors (Lipinski definition) is 1. The van der Waals surface area contributed by atoms with Crippen LogP contribution in [0.1, 0.15) is 16.1 Å². The molecule has 6 heteroatoms. The number of fused-ring (bicyclic) bond motifs is 1. The number of rotatable bonds is 5. The summed E-state index contributed by atoms with van der Waals surface area (Å²) < 4.78 is 1.81. The maximum Gasteiger partial charge on any atom is 0.269 e. The summed E-state index contributed by atoms with van der Waals surface area (Å²) in [6, 6.07) is 19.3. The number of aromatic nitrogens is 3. The Morgan fingerprint density at radius 2 is 1.89 bits per heavy atom. The van der Waals surface area contributed by atoms with Crippen LogP contribution in [-0.4, -0.2) is 27.2 Å². The van der Waals surface area contributed by atoms with Crippen molar-refractivity contribution in [3.8, 4) is 5.69 Å². The quantitative estimate of drug-likeness (QED) is 0.534. The van der Waals surface area contributed by atoms with Gasteiger partial charge >= 0.3 is 0 Å². The smallest absolute Gasteiger partial charge is 0.269 e. The average Bonchev–Trinajstić information content (AvgIpc) is 3.23. The Morgan fingerprint density at radius 1 is 1.07 bits per heavy atom. The van der Waals surface area contributed by atoms with Crippen LogP contribution in [0.25, 0.3) is 16.5 Å². The molecular formula is C21H17ClN4O. The van der Waals surface area contributed by atoms with Gasteiger partial charge < -0.3 is 5.32 Å². The van der Waals surface area contributed by atoms with Crippen molar-refractivity contribution in [1.29, 1.82) is 0 Å². The molecule has 5 nitrogen and oxygen atoms in total. The molecule has 0 saturated carbocycles. The molecule has 0 aliphatic heterocycles. The fraction of sp³-hybridized carbons (Fsp3) is 0.0952. The number of benzene rings is 2. The zero-order valence-corrected chi connectivity index (χ0v) is 15.2. The topological polar surface area (TPSA) is 59.8 Å². The van der Waals surface area contributed by atoms with Crippen molar-refractivity contribution < 1.29 is 4.79 Å². The number of carbonyl (C=O) groups is 1. The summed E-state index contributed by atoms with van der Waals surface area (Å²) in [5, 5.41) is 9.19. The molecule has 2 aromatic heterocycles. The van der Waals surface area contributed by atoms with E-state index >= 15 is 0 Å². The largest absolute Gasteiger partial charge is 0.350 e. The first-order valence-electron chi connectivity index (χ1n) is 8.63. The Balaban J connectivity index is 1.38. The number of pyridine rings is 1. The predicted molar refractivity (Wildman–Crippen MR) is 106 cm³/mol. The van der Waals surface area contributed by atoms with Crippen molar-refractivity contribution in [1.82, 2.24) is 20.1 Å². The monoisotopic (exact) mass is 376 g/mol. The lowest BCUT2D eigenvalue weighted by atomic mass is 10.1. The van der Waals surface area contributed by atoms with E-state index < -0.39 is 0 Å². The lowest BCUT2D eigenvalue weighted by molar-refractivity contribution is 0.0949. The molecule has 2 aromatic carbocycles. The zero-order chi connectivity index (χ0) is 18.6. The van der Waals surface area contributed by atoms with Crippen molar-refractivity contribution >= 4 is 28.3 Å². The summed E-state index contributed by atoms with van der Waals surface area (Å²) in [6.45, 7) is 0.520. The van der Waals surface area contributed by atoms with E-state index in [1.54, 1.807) is 16.9 Å². The molecule has 0 spiro atoms. The fourth-order valence-electron chi connectivity index (χ4n) is 2.92. The Kier molecular flexibility index (Phi) is 4.85. The van der Waals surface area contributed by atoms with Gasteiger partial charge in [0.25, 0.3) is 5.91 Å². The molecule has 0 aliphatic rings. The van der Waals surface area contributed by atoms with E-state index in [4.69, 9.17) is 11.6 Å². The molecule has 4 aromatic rings. The minimum Gasteiger partial charge on any atom is -0.350 e. The van der Waals surface area contributed by atoms with E-state index in [-0.39, 0.29) is 5.91 Å². The number of nitrogens with one attached hydrogen (secondary N) is 1. The first-order chi connectivity index (χ1) is 13.2. The van der Waals surface area contributed by atoms with Crippen LogP contribution in [0.15, 0.2) is 73.1 Å². The van der Waals surface area contributed by atoms with E-state index in [1.807, 2.05) is 60.8 Å². The van der Waals surface area contributed by atoms with Crippen molar-refractivity contribution in [2.75, 3.05) is 6.54 Å². The van der Waals surface area contributed by atoms with Crippen LogP contribution >= 0.6 is 11.6 Å². The average molecular weight is 377 g/mol. The van der Waals surface area contributed by atoms with Gasteiger partial charge in [0, 0.05) is 24.3 Å². The number of amides is 1. The van der Waals surface area contributed by atoms with E-state index in [0.717, 1.165) is 28.4 Å². The summed E-state index contributed by atoms with van der Waals surface area (Å²) in [4.78, 5) is 16.6. The van der Waals surface area contributed by atoms with Gasteiger partial charge in [-0.1, -0.05) is 48.0 Å². The van der Waals surface area contributed by atoms with Crippen LogP contribution in [0, 0.1) is 0 Å². The molecule has 4 rings (SSSR count). The highest BCUT2D eigenvalue weighted by atomic mass is 35.5. The Hall–Kier alpha value is -3.18. The predicted octanol–water partition coefficient (Wildman–Crippen LogP) is 4.05. The van der Waals surface area contributed by atoms with Crippen LogP contribution in [0.3, 0.4) is 0 Å². The fourth-order valence-corrected chi connectivity index (χ4v) is 3.18. The van der Waals surface area contributed by atoms with Crippen molar-refractivity contribution in [3.63, 3.8) is 0 Å². The maximum atomic E-state index is 12.4. The normalized spacial score (nSPS) is 10.9. The van der Waals surface area contributed by atoms with Gasteiger partial charge in [0.15, 0.2) is 0 Å². The van der Waals surface area contributed by atoms with E-state index in [9.17, 15) is 4.79 Å². The number of hydrogen-bond acceptors (Lipinski definition) is 3. The minimum atomic E-state index is -0.226. The molecule has 134 valence electrons. The summed E-state index contributed by atoms with van der Waals surface area (Å²) >= 11 is 6.20. The van der Waals surface area contributed by atoms with Gasteiger partial charge in [-0.3, -0.25) is 4.79 Å².